The van der Waals surface area contributed by atoms with Crippen molar-refractivity contribution in [3.63, 3.8) is 0 Å². The van der Waals surface area contributed by atoms with Crippen LogP contribution in [0.4, 0.5) is 5.69 Å². The molecule has 6 nitrogen and oxygen atoms in total. The Morgan fingerprint density at radius 1 is 1.44 bits per heavy atom. The third-order valence-electron chi connectivity index (χ3n) is 2.40. The zero-order valence-corrected chi connectivity index (χ0v) is 10.8. The van der Waals surface area contributed by atoms with Crippen molar-refractivity contribution in [3.05, 3.63) is 24.0 Å². The second-order valence-electron chi connectivity index (χ2n) is 4.65. The summed E-state index contributed by atoms with van der Waals surface area (Å²) in [6, 6.07) is 1.70. The Balaban J connectivity index is 2.85. The Morgan fingerprint density at radius 2 is 2.11 bits per heavy atom. The van der Waals surface area contributed by atoms with E-state index in [-0.39, 0.29) is 12.3 Å². The van der Waals surface area contributed by atoms with E-state index in [2.05, 4.69) is 15.6 Å². The van der Waals surface area contributed by atoms with Crippen molar-refractivity contribution in [1.29, 1.82) is 0 Å². The van der Waals surface area contributed by atoms with Crippen LogP contribution in [0, 0.1) is 0 Å². The first kappa shape index (κ1) is 14.0. The van der Waals surface area contributed by atoms with Gasteiger partial charge in [0.05, 0.1) is 5.56 Å². The molecule has 4 N–H and O–H groups in total. The van der Waals surface area contributed by atoms with E-state index in [4.69, 9.17) is 5.73 Å². The highest BCUT2D eigenvalue weighted by Crippen LogP contribution is 2.15. The number of carbonyl (C=O) groups is 2. The first-order chi connectivity index (χ1) is 8.35. The molecule has 0 radical (unpaired) electrons. The van der Waals surface area contributed by atoms with Gasteiger partial charge in [-0.3, -0.25) is 14.6 Å². The predicted octanol–water partition coefficient (Wildman–Crippen LogP) is 0.507. The molecule has 1 aromatic rings. The van der Waals surface area contributed by atoms with Crippen LogP contribution in [0.5, 0.6) is 0 Å². The Labute approximate surface area is 106 Å². The number of nitrogens with zero attached hydrogens (tertiary/aromatic N) is 1. The summed E-state index contributed by atoms with van der Waals surface area (Å²) in [6.07, 6.45) is 3.15. The van der Waals surface area contributed by atoms with Crippen molar-refractivity contribution in [2.45, 2.75) is 25.8 Å². The number of hydrogen-bond donors (Lipinski definition) is 3. The lowest BCUT2D eigenvalue weighted by atomic mass is 9.99. The molecule has 0 atom stereocenters. The van der Waals surface area contributed by atoms with E-state index in [1.807, 2.05) is 0 Å². The fourth-order valence-corrected chi connectivity index (χ4v) is 1.65. The lowest BCUT2D eigenvalue weighted by Gasteiger charge is -2.25. The van der Waals surface area contributed by atoms with Gasteiger partial charge in [0, 0.05) is 37.1 Å². The number of amides is 2. The number of rotatable bonds is 5. The maximum absolute atomic E-state index is 12.1. The molecule has 0 bridgehead atoms. The van der Waals surface area contributed by atoms with Crippen LogP contribution in [-0.2, 0) is 4.79 Å². The van der Waals surface area contributed by atoms with Gasteiger partial charge >= 0.3 is 0 Å². The largest absolute Gasteiger partial charge is 0.387 e. The minimum absolute atomic E-state index is 0.0773. The van der Waals surface area contributed by atoms with Gasteiger partial charge in [-0.15, -0.1) is 0 Å². The minimum atomic E-state index is -0.691. The Morgan fingerprint density at radius 3 is 2.67 bits per heavy atom. The summed E-state index contributed by atoms with van der Waals surface area (Å²) in [7, 11) is 1.72. The molecule has 0 unspecified atom stereocenters. The third kappa shape index (κ3) is 3.73. The standard InChI is InChI=1S/C12H18N4O2/c1-12(2,6-10(13)17)16-11(18)8-7-15-5-4-9(8)14-3/h4-5,7H,6H2,1-3H3,(H2,13,17)(H,14,15)(H,16,18). The number of primary amides is 1. The first-order valence-electron chi connectivity index (χ1n) is 5.58. The molecule has 0 aromatic carbocycles. The van der Waals surface area contributed by atoms with Crippen LogP contribution in [0.3, 0.4) is 0 Å². The van der Waals surface area contributed by atoms with Crippen molar-refractivity contribution in [2.75, 3.05) is 12.4 Å². The molecule has 1 heterocycles. The Kier molecular flexibility index (Phi) is 4.25. The average molecular weight is 250 g/mol. The van der Waals surface area contributed by atoms with Crippen LogP contribution in [0.2, 0.25) is 0 Å². The van der Waals surface area contributed by atoms with E-state index in [1.54, 1.807) is 33.2 Å². The van der Waals surface area contributed by atoms with Gasteiger partial charge in [0.2, 0.25) is 5.91 Å². The second kappa shape index (κ2) is 5.48. The zero-order chi connectivity index (χ0) is 13.8. The summed E-state index contributed by atoms with van der Waals surface area (Å²) >= 11 is 0. The number of carbonyl (C=O) groups excluding carboxylic acids is 2. The molecule has 0 saturated heterocycles. The minimum Gasteiger partial charge on any atom is -0.387 e. The van der Waals surface area contributed by atoms with E-state index in [1.165, 1.54) is 6.20 Å². The lowest BCUT2D eigenvalue weighted by molar-refractivity contribution is -0.119. The molecule has 18 heavy (non-hydrogen) atoms. The van der Waals surface area contributed by atoms with Gasteiger partial charge in [0.1, 0.15) is 0 Å². The monoisotopic (exact) mass is 250 g/mol. The highest BCUT2D eigenvalue weighted by Gasteiger charge is 2.24. The van der Waals surface area contributed by atoms with E-state index < -0.39 is 11.4 Å². The fourth-order valence-electron chi connectivity index (χ4n) is 1.65. The van der Waals surface area contributed by atoms with Crippen molar-refractivity contribution < 1.29 is 9.59 Å². The van der Waals surface area contributed by atoms with Gasteiger partial charge < -0.3 is 16.4 Å². The molecule has 1 rings (SSSR count). The van der Waals surface area contributed by atoms with Gasteiger partial charge in [-0.25, -0.2) is 0 Å². The van der Waals surface area contributed by atoms with Gasteiger partial charge in [0.25, 0.3) is 5.91 Å². The van der Waals surface area contributed by atoms with Crippen molar-refractivity contribution in [3.8, 4) is 0 Å². The number of nitrogens with one attached hydrogen (secondary N) is 2. The molecule has 0 aliphatic carbocycles. The van der Waals surface area contributed by atoms with Gasteiger partial charge in [-0.05, 0) is 19.9 Å². The van der Waals surface area contributed by atoms with E-state index >= 15 is 0 Å². The number of anilines is 1. The third-order valence-corrected chi connectivity index (χ3v) is 2.40. The summed E-state index contributed by atoms with van der Waals surface area (Å²) in [4.78, 5) is 26.9. The molecule has 98 valence electrons. The van der Waals surface area contributed by atoms with Crippen LogP contribution in [-0.4, -0.2) is 29.4 Å². The summed E-state index contributed by atoms with van der Waals surface area (Å²) in [6.45, 7) is 3.48. The molecule has 0 spiro atoms. The van der Waals surface area contributed by atoms with Gasteiger partial charge in [-0.1, -0.05) is 0 Å². The molecule has 0 saturated carbocycles. The van der Waals surface area contributed by atoms with Crippen LogP contribution in [0.15, 0.2) is 18.5 Å². The predicted molar refractivity (Wildman–Crippen MR) is 69.1 cm³/mol. The first-order valence-corrected chi connectivity index (χ1v) is 5.58. The lowest BCUT2D eigenvalue weighted by Crippen LogP contribution is -2.46. The molecule has 6 heteroatoms. The maximum Gasteiger partial charge on any atom is 0.255 e. The second-order valence-corrected chi connectivity index (χ2v) is 4.65. The number of nitrogens with two attached hydrogens (primary N) is 1. The number of aromatic nitrogens is 1. The molecule has 1 aromatic heterocycles. The summed E-state index contributed by atoms with van der Waals surface area (Å²) in [5.41, 5.74) is 5.55. The molecular formula is C12H18N4O2. The van der Waals surface area contributed by atoms with Crippen LogP contribution in [0.1, 0.15) is 30.6 Å². The average Bonchev–Trinajstić information content (AvgIpc) is 2.26. The van der Waals surface area contributed by atoms with E-state index in [9.17, 15) is 9.59 Å². The molecule has 0 aliphatic rings. The smallest absolute Gasteiger partial charge is 0.255 e. The van der Waals surface area contributed by atoms with E-state index in [0.29, 0.717) is 11.3 Å². The summed E-state index contributed by atoms with van der Waals surface area (Å²) in [5.74, 6) is -0.751. The normalized spacial score (nSPS) is 10.8. The van der Waals surface area contributed by atoms with Gasteiger partial charge in [0.15, 0.2) is 0 Å². The molecular weight excluding hydrogens is 232 g/mol. The van der Waals surface area contributed by atoms with Gasteiger partial charge in [-0.2, -0.15) is 0 Å². The topological polar surface area (TPSA) is 97.1 Å². The van der Waals surface area contributed by atoms with Crippen molar-refractivity contribution in [2.24, 2.45) is 5.73 Å². The maximum atomic E-state index is 12.1. The highest BCUT2D eigenvalue weighted by atomic mass is 16.2. The zero-order valence-electron chi connectivity index (χ0n) is 10.8. The number of pyridine rings is 1. The summed E-state index contributed by atoms with van der Waals surface area (Å²) in [5, 5.41) is 5.67. The quantitative estimate of drug-likeness (QED) is 0.709. The Bertz CT molecular complexity index is 457. The Hall–Kier alpha value is -2.11. The molecule has 0 fully saturated rings. The van der Waals surface area contributed by atoms with Crippen LogP contribution < -0.4 is 16.4 Å². The van der Waals surface area contributed by atoms with Crippen LogP contribution >= 0.6 is 0 Å². The fraction of sp³-hybridized carbons (Fsp3) is 0.417. The van der Waals surface area contributed by atoms with Crippen molar-refractivity contribution in [1.82, 2.24) is 10.3 Å². The molecule has 2 amide bonds. The summed E-state index contributed by atoms with van der Waals surface area (Å²) < 4.78 is 0. The van der Waals surface area contributed by atoms with Crippen LogP contribution in [0.25, 0.3) is 0 Å². The van der Waals surface area contributed by atoms with E-state index in [0.717, 1.165) is 0 Å². The molecule has 0 aliphatic heterocycles. The SMILES string of the molecule is CNc1ccncc1C(=O)NC(C)(C)CC(N)=O. The highest BCUT2D eigenvalue weighted by molar-refractivity contribution is 5.99. The van der Waals surface area contributed by atoms with Crippen molar-refractivity contribution >= 4 is 17.5 Å². The number of hydrogen-bond acceptors (Lipinski definition) is 4.